The van der Waals surface area contributed by atoms with Crippen molar-refractivity contribution < 1.29 is 15.0 Å². The first-order valence-corrected chi connectivity index (χ1v) is 33.7. The summed E-state index contributed by atoms with van der Waals surface area (Å²) in [5, 5.41) is 23.2. The summed E-state index contributed by atoms with van der Waals surface area (Å²) < 4.78 is 0. The van der Waals surface area contributed by atoms with Gasteiger partial charge in [0.15, 0.2) is 0 Å². The van der Waals surface area contributed by atoms with E-state index in [-0.39, 0.29) is 12.5 Å². The average molecular weight is 1100 g/mol. The molecule has 0 aliphatic carbocycles. The summed E-state index contributed by atoms with van der Waals surface area (Å²) in [6.45, 7) is 4.18. The summed E-state index contributed by atoms with van der Waals surface area (Å²) in [7, 11) is 0. The summed E-state index contributed by atoms with van der Waals surface area (Å²) in [5.41, 5.74) is 0. The summed E-state index contributed by atoms with van der Waals surface area (Å²) in [4.78, 5) is 12.5. The second-order valence-electron chi connectivity index (χ2n) is 22.1. The summed E-state index contributed by atoms with van der Waals surface area (Å²) in [6.07, 6.45) is 110. The molecule has 0 aromatic carbocycles. The standard InChI is InChI=1S/C76H127NO3/c1-3-5-7-9-11-13-15-17-19-21-23-25-27-29-31-33-35-36-37-38-39-40-42-44-46-48-50-52-54-56-58-60-62-64-66-68-70-72-76(80)77-74(73-78)75(79)71-69-67-65-63-61-59-57-55-53-51-49-47-45-43-41-34-32-30-28-26-24-22-20-18-16-14-12-10-8-6-4-2/h5,7,11,13,17,19,23,25,29,31,35-36,38-39,42,44,48,50,53-56,61,63,69,71,74-75,78-79H,3-4,6,8-10,12,14-16,18,20-22,24,26-28,30,32-34,37,40-41,43,45-47,49,51-52,57-60,62,64-68,70,72-73H2,1-2H3,(H,77,80)/b7-5-,13-11-,19-17-,25-23-,31-29-,36-35-,39-38-,44-42-,50-48-,55-53+,56-54-,63-61+,71-69+. The molecule has 2 unspecified atom stereocenters. The SMILES string of the molecule is CC/C=C\C/C=C\C/C=C\C/C=C\C/C=C\C/C=C\C/C=C\C/C=C\C/C=C\C/C=C\CCCCCCCCC(=O)NC(CO)C(O)/C=C/CC/C=C/CC/C=C/CCCCCCCCCCCCCCCCCCCCCCC. The molecule has 0 radical (unpaired) electrons. The van der Waals surface area contributed by atoms with Gasteiger partial charge in [-0.05, 0) is 122 Å². The van der Waals surface area contributed by atoms with Gasteiger partial charge in [-0.25, -0.2) is 0 Å². The lowest BCUT2D eigenvalue weighted by Gasteiger charge is -2.19. The topological polar surface area (TPSA) is 69.6 Å². The highest BCUT2D eigenvalue weighted by molar-refractivity contribution is 5.76. The Hall–Kier alpha value is -3.99. The number of nitrogens with one attached hydrogen (secondary N) is 1. The van der Waals surface area contributed by atoms with Gasteiger partial charge in [0.1, 0.15) is 0 Å². The van der Waals surface area contributed by atoms with E-state index < -0.39 is 12.1 Å². The number of amides is 1. The van der Waals surface area contributed by atoms with Crippen molar-refractivity contribution in [2.75, 3.05) is 6.61 Å². The van der Waals surface area contributed by atoms with Crippen molar-refractivity contribution in [3.63, 3.8) is 0 Å². The lowest BCUT2D eigenvalue weighted by Crippen LogP contribution is -2.45. The van der Waals surface area contributed by atoms with Crippen molar-refractivity contribution >= 4 is 5.91 Å². The van der Waals surface area contributed by atoms with Gasteiger partial charge in [-0.3, -0.25) is 4.79 Å². The van der Waals surface area contributed by atoms with E-state index in [9.17, 15) is 15.0 Å². The van der Waals surface area contributed by atoms with Gasteiger partial charge < -0.3 is 15.5 Å². The Morgan fingerprint density at radius 1 is 0.312 bits per heavy atom. The number of carbonyl (C=O) groups excluding carboxylic acids is 1. The fourth-order valence-electron chi connectivity index (χ4n) is 9.42. The third kappa shape index (κ3) is 64.8. The molecule has 0 saturated heterocycles. The Kier molecular flexibility index (Phi) is 65.8. The molecular formula is C76H127NO3. The van der Waals surface area contributed by atoms with Crippen molar-refractivity contribution in [1.29, 1.82) is 0 Å². The molecule has 0 saturated carbocycles. The maximum absolute atomic E-state index is 12.5. The van der Waals surface area contributed by atoms with E-state index in [1.807, 2.05) is 6.08 Å². The number of allylic oxidation sites excluding steroid dienone is 25. The minimum Gasteiger partial charge on any atom is -0.394 e. The van der Waals surface area contributed by atoms with Crippen LogP contribution in [0, 0.1) is 0 Å². The maximum atomic E-state index is 12.5. The van der Waals surface area contributed by atoms with Crippen molar-refractivity contribution in [3.8, 4) is 0 Å². The predicted octanol–water partition coefficient (Wildman–Crippen LogP) is 23.3. The van der Waals surface area contributed by atoms with Crippen LogP contribution < -0.4 is 5.32 Å². The normalized spacial score (nSPS) is 13.8. The summed E-state index contributed by atoms with van der Waals surface area (Å²) in [5.74, 6) is -0.0971. The highest BCUT2D eigenvalue weighted by Gasteiger charge is 2.18. The number of unbranched alkanes of at least 4 members (excludes halogenated alkanes) is 29. The Labute approximate surface area is 496 Å². The van der Waals surface area contributed by atoms with E-state index in [1.54, 1.807) is 6.08 Å². The molecule has 0 rings (SSSR count). The van der Waals surface area contributed by atoms with Gasteiger partial charge in [-0.1, -0.05) is 326 Å². The molecule has 0 aromatic heterocycles. The van der Waals surface area contributed by atoms with Gasteiger partial charge in [0.05, 0.1) is 18.8 Å². The second-order valence-corrected chi connectivity index (χ2v) is 22.1. The van der Waals surface area contributed by atoms with Gasteiger partial charge in [-0.2, -0.15) is 0 Å². The van der Waals surface area contributed by atoms with Crippen LogP contribution in [0.3, 0.4) is 0 Å². The number of aliphatic hydroxyl groups excluding tert-OH is 2. The number of hydrogen-bond acceptors (Lipinski definition) is 3. The van der Waals surface area contributed by atoms with Crippen LogP contribution in [0.15, 0.2) is 158 Å². The fraction of sp³-hybridized carbons (Fsp3) is 0.645. The molecule has 80 heavy (non-hydrogen) atoms. The van der Waals surface area contributed by atoms with E-state index in [0.717, 1.165) is 116 Å². The molecule has 1 amide bonds. The van der Waals surface area contributed by atoms with Crippen LogP contribution in [0.5, 0.6) is 0 Å². The first kappa shape index (κ1) is 76.0. The van der Waals surface area contributed by atoms with E-state index >= 15 is 0 Å². The van der Waals surface area contributed by atoms with Gasteiger partial charge in [0.25, 0.3) is 0 Å². The number of rotatable bonds is 60. The summed E-state index contributed by atoms with van der Waals surface area (Å²) in [6, 6.07) is -0.668. The predicted molar refractivity (Wildman–Crippen MR) is 358 cm³/mol. The molecule has 0 aliphatic rings. The molecule has 0 spiro atoms. The lowest BCUT2D eigenvalue weighted by molar-refractivity contribution is -0.123. The Bertz CT molecular complexity index is 1680. The minimum atomic E-state index is -0.891. The molecule has 0 fully saturated rings. The number of aliphatic hydroxyl groups is 2. The average Bonchev–Trinajstić information content (AvgIpc) is 3.46. The zero-order valence-corrected chi connectivity index (χ0v) is 52.3. The highest BCUT2D eigenvalue weighted by Crippen LogP contribution is 2.16. The molecule has 0 bridgehead atoms. The molecular weight excluding hydrogens is 975 g/mol. The van der Waals surface area contributed by atoms with E-state index in [2.05, 4.69) is 165 Å². The number of hydrogen-bond donors (Lipinski definition) is 3. The zero-order chi connectivity index (χ0) is 57.6. The van der Waals surface area contributed by atoms with Crippen LogP contribution >= 0.6 is 0 Å². The largest absolute Gasteiger partial charge is 0.394 e. The van der Waals surface area contributed by atoms with Gasteiger partial charge in [0.2, 0.25) is 5.91 Å². The van der Waals surface area contributed by atoms with Crippen LogP contribution in [0.2, 0.25) is 0 Å². The van der Waals surface area contributed by atoms with Crippen molar-refractivity contribution in [2.24, 2.45) is 0 Å². The van der Waals surface area contributed by atoms with E-state index in [1.165, 1.54) is 161 Å². The highest BCUT2D eigenvalue weighted by atomic mass is 16.3. The van der Waals surface area contributed by atoms with Gasteiger partial charge >= 0.3 is 0 Å². The molecule has 2 atom stereocenters. The van der Waals surface area contributed by atoms with Crippen LogP contribution in [0.4, 0.5) is 0 Å². The summed E-state index contributed by atoms with van der Waals surface area (Å²) >= 11 is 0. The third-order valence-electron chi connectivity index (χ3n) is 14.5. The second kappa shape index (κ2) is 69.3. The Morgan fingerprint density at radius 2 is 0.562 bits per heavy atom. The molecule has 3 N–H and O–H groups in total. The Balaban J connectivity index is 3.66. The fourth-order valence-corrected chi connectivity index (χ4v) is 9.42. The molecule has 454 valence electrons. The molecule has 4 heteroatoms. The van der Waals surface area contributed by atoms with Crippen molar-refractivity contribution in [1.82, 2.24) is 5.32 Å². The molecule has 4 nitrogen and oxygen atoms in total. The molecule has 0 heterocycles. The van der Waals surface area contributed by atoms with Gasteiger partial charge in [-0.15, -0.1) is 0 Å². The molecule has 0 aromatic rings. The Morgan fingerprint density at radius 3 is 0.875 bits per heavy atom. The van der Waals surface area contributed by atoms with Crippen LogP contribution in [0.1, 0.15) is 296 Å². The van der Waals surface area contributed by atoms with Crippen molar-refractivity contribution in [2.45, 2.75) is 309 Å². The lowest BCUT2D eigenvalue weighted by atomic mass is 10.0. The zero-order valence-electron chi connectivity index (χ0n) is 52.3. The van der Waals surface area contributed by atoms with Crippen LogP contribution in [-0.2, 0) is 4.79 Å². The maximum Gasteiger partial charge on any atom is 0.220 e. The van der Waals surface area contributed by atoms with Crippen molar-refractivity contribution in [3.05, 3.63) is 158 Å². The van der Waals surface area contributed by atoms with Gasteiger partial charge in [0, 0.05) is 6.42 Å². The number of carbonyl (C=O) groups is 1. The van der Waals surface area contributed by atoms with E-state index in [4.69, 9.17) is 0 Å². The first-order chi connectivity index (χ1) is 39.7. The van der Waals surface area contributed by atoms with Crippen LogP contribution in [0.25, 0.3) is 0 Å². The van der Waals surface area contributed by atoms with E-state index in [0.29, 0.717) is 6.42 Å². The monoisotopic (exact) mass is 1100 g/mol. The first-order valence-electron chi connectivity index (χ1n) is 33.7. The smallest absolute Gasteiger partial charge is 0.220 e. The third-order valence-corrected chi connectivity index (χ3v) is 14.5. The quantitative estimate of drug-likeness (QED) is 0.0420. The minimum absolute atomic E-state index is 0.0971. The van der Waals surface area contributed by atoms with Crippen LogP contribution in [-0.4, -0.2) is 34.9 Å². The molecule has 0 aliphatic heterocycles.